The number of carbonyl (C=O) groups excluding carboxylic acids is 3. The molecule has 0 saturated carbocycles. The third kappa shape index (κ3) is 5.37. The lowest BCUT2D eigenvalue weighted by Crippen LogP contribution is -2.63. The third-order valence-corrected chi connectivity index (χ3v) is 9.11. The molecule has 4 heterocycles. The summed E-state index contributed by atoms with van der Waals surface area (Å²) in [4.78, 5) is 42.9. The first-order valence-corrected chi connectivity index (χ1v) is 13.9. The fraction of sp³-hybridized carbons (Fsp3) is 0.556. The molecule has 12 heteroatoms. The average molecular weight is 561 g/mol. The molecule has 0 radical (unpaired) electrons. The molecule has 2 N–H and O–H groups in total. The summed E-state index contributed by atoms with van der Waals surface area (Å²) in [6.45, 7) is 11.0. The van der Waals surface area contributed by atoms with E-state index in [9.17, 15) is 24.6 Å². The number of aromatic nitrogens is 2. The van der Waals surface area contributed by atoms with Gasteiger partial charge in [-0.3, -0.25) is 9.48 Å². The van der Waals surface area contributed by atoms with Gasteiger partial charge >= 0.3 is 12.1 Å². The molecule has 6 atom stereocenters. The van der Waals surface area contributed by atoms with Crippen molar-refractivity contribution in [1.82, 2.24) is 19.6 Å². The normalized spacial score (nSPS) is 26.8. The summed E-state index contributed by atoms with van der Waals surface area (Å²) in [6.07, 6.45) is 4.42. The molecule has 3 aliphatic heterocycles. The van der Waals surface area contributed by atoms with Gasteiger partial charge in [0.2, 0.25) is 5.91 Å². The van der Waals surface area contributed by atoms with Crippen molar-refractivity contribution < 1.29 is 34.1 Å². The molecule has 0 bridgehead atoms. The number of fused-ring (bicyclic) bond motifs is 1. The number of likely N-dealkylation sites (tertiary alicyclic amines) is 1. The molecule has 0 aliphatic carbocycles. The van der Waals surface area contributed by atoms with Gasteiger partial charge in [-0.15, -0.1) is 11.8 Å². The van der Waals surface area contributed by atoms with Crippen molar-refractivity contribution in [2.75, 3.05) is 19.8 Å². The van der Waals surface area contributed by atoms with Gasteiger partial charge in [0.15, 0.2) is 0 Å². The Balaban J connectivity index is 1.61. The Hall–Kier alpha value is -3.09. The third-order valence-electron chi connectivity index (χ3n) is 7.62. The number of ether oxygens (including phenoxy) is 2. The quantitative estimate of drug-likeness (QED) is 0.236. The SMILES string of the molecule is C=CCOC(=O)C1=C(S[C@H]2C[C@@H](Cc3cnn(C)c3CO)N(C(=O)OCC=C)C2)[C@H](C)[C@@H]2[C@@H]([C@@H](C)O)C(=O)N12. The van der Waals surface area contributed by atoms with E-state index in [0.29, 0.717) is 30.0 Å². The highest BCUT2D eigenvalue weighted by molar-refractivity contribution is 8.03. The second-order valence-electron chi connectivity index (χ2n) is 10.1. The molecule has 212 valence electrons. The minimum Gasteiger partial charge on any atom is -0.457 e. The van der Waals surface area contributed by atoms with Gasteiger partial charge in [0.25, 0.3) is 0 Å². The fourth-order valence-electron chi connectivity index (χ4n) is 5.78. The maximum absolute atomic E-state index is 13.1. The minimum atomic E-state index is -0.845. The van der Waals surface area contributed by atoms with Crippen molar-refractivity contribution in [3.05, 3.63) is 53.4 Å². The molecule has 2 saturated heterocycles. The van der Waals surface area contributed by atoms with Crippen LogP contribution in [-0.4, -0.2) is 91.0 Å². The van der Waals surface area contributed by atoms with Crippen LogP contribution in [-0.2, 0) is 39.1 Å². The van der Waals surface area contributed by atoms with E-state index in [-0.39, 0.29) is 54.7 Å². The molecule has 0 unspecified atom stereocenters. The van der Waals surface area contributed by atoms with E-state index >= 15 is 0 Å². The number of aryl methyl sites for hydroxylation is 1. The number of aliphatic hydroxyl groups excluding tert-OH is 2. The van der Waals surface area contributed by atoms with Crippen LogP contribution in [0, 0.1) is 11.8 Å². The summed E-state index contributed by atoms with van der Waals surface area (Å²) in [5.41, 5.74) is 1.73. The van der Waals surface area contributed by atoms with E-state index in [0.717, 1.165) is 5.56 Å². The van der Waals surface area contributed by atoms with Gasteiger partial charge in [0.1, 0.15) is 18.9 Å². The predicted octanol–water partition coefficient (Wildman–Crippen LogP) is 1.75. The highest BCUT2D eigenvalue weighted by Crippen LogP contribution is 2.52. The number of hydrogen-bond donors (Lipinski definition) is 2. The van der Waals surface area contributed by atoms with Gasteiger partial charge in [0, 0.05) is 35.7 Å². The molecule has 1 aromatic rings. The van der Waals surface area contributed by atoms with E-state index < -0.39 is 24.1 Å². The summed E-state index contributed by atoms with van der Waals surface area (Å²) >= 11 is 1.47. The second-order valence-corrected chi connectivity index (χ2v) is 11.4. The van der Waals surface area contributed by atoms with Crippen LogP contribution in [0.4, 0.5) is 4.79 Å². The Morgan fingerprint density at radius 2 is 1.97 bits per heavy atom. The monoisotopic (exact) mass is 560 g/mol. The number of carbonyl (C=O) groups is 3. The number of hydrogen-bond acceptors (Lipinski definition) is 9. The van der Waals surface area contributed by atoms with E-state index in [1.165, 1.54) is 28.8 Å². The van der Waals surface area contributed by atoms with Crippen molar-refractivity contribution >= 4 is 29.7 Å². The molecule has 0 aromatic carbocycles. The predicted molar refractivity (Wildman–Crippen MR) is 144 cm³/mol. The zero-order chi connectivity index (χ0) is 28.4. The highest BCUT2D eigenvalue weighted by atomic mass is 32.2. The standard InChI is InChI=1S/C27H36N4O7S/c1-6-8-37-26(35)23-24(15(3)22-21(16(4)33)25(34)31(22)23)39-19-11-18(30(13-19)27(36)38-9-7-2)10-17-12-28-29(5)20(17)14-32/h6-7,12,15-16,18-19,21-22,32-33H,1-2,8-11,13-14H2,3-5H3/t15-,16-,18-,19+,21-,22-/m1/s1. The fourth-order valence-corrected chi connectivity index (χ4v) is 7.34. The number of thioether (sulfide) groups is 1. The van der Waals surface area contributed by atoms with Crippen molar-refractivity contribution in [1.29, 1.82) is 0 Å². The first kappa shape index (κ1) is 28.9. The van der Waals surface area contributed by atoms with Gasteiger partial charge in [-0.2, -0.15) is 5.10 Å². The maximum atomic E-state index is 13.1. The van der Waals surface area contributed by atoms with Crippen molar-refractivity contribution in [3.8, 4) is 0 Å². The largest absolute Gasteiger partial charge is 0.457 e. The number of aliphatic hydroxyl groups is 2. The van der Waals surface area contributed by atoms with Crippen LogP contribution in [0.3, 0.4) is 0 Å². The number of rotatable bonds is 11. The van der Waals surface area contributed by atoms with Crippen molar-refractivity contribution in [2.24, 2.45) is 18.9 Å². The highest BCUT2D eigenvalue weighted by Gasteiger charge is 2.60. The van der Waals surface area contributed by atoms with Crippen LogP contribution in [0.5, 0.6) is 0 Å². The van der Waals surface area contributed by atoms with Crippen LogP contribution >= 0.6 is 11.8 Å². The first-order valence-electron chi connectivity index (χ1n) is 13.0. The number of amides is 2. The lowest BCUT2D eigenvalue weighted by atomic mass is 9.79. The summed E-state index contributed by atoms with van der Waals surface area (Å²) in [5, 5.41) is 24.2. The smallest absolute Gasteiger partial charge is 0.410 e. The zero-order valence-electron chi connectivity index (χ0n) is 22.5. The Kier molecular flexibility index (Phi) is 8.87. The van der Waals surface area contributed by atoms with Gasteiger partial charge in [-0.05, 0) is 25.3 Å². The summed E-state index contributed by atoms with van der Waals surface area (Å²) in [6, 6.07) is -0.564. The molecule has 2 fully saturated rings. The Morgan fingerprint density at radius 1 is 1.28 bits per heavy atom. The second kappa shape index (κ2) is 12.0. The summed E-state index contributed by atoms with van der Waals surface area (Å²) in [5.74, 6) is -1.69. The molecule has 39 heavy (non-hydrogen) atoms. The summed E-state index contributed by atoms with van der Waals surface area (Å²) < 4.78 is 12.3. The van der Waals surface area contributed by atoms with Gasteiger partial charge < -0.3 is 29.5 Å². The van der Waals surface area contributed by atoms with Gasteiger partial charge in [-0.25, -0.2) is 9.59 Å². The maximum Gasteiger partial charge on any atom is 0.410 e. The molecule has 0 spiro atoms. The number of esters is 1. The van der Waals surface area contributed by atoms with E-state index in [2.05, 4.69) is 18.3 Å². The van der Waals surface area contributed by atoms with E-state index in [1.807, 2.05) is 6.92 Å². The Bertz CT molecular complexity index is 1180. The lowest BCUT2D eigenvalue weighted by Gasteiger charge is -2.46. The summed E-state index contributed by atoms with van der Waals surface area (Å²) in [7, 11) is 1.75. The van der Waals surface area contributed by atoms with Crippen molar-refractivity contribution in [2.45, 2.75) is 56.7 Å². The Labute approximate surface area is 232 Å². The molecular weight excluding hydrogens is 524 g/mol. The van der Waals surface area contributed by atoms with Crippen molar-refractivity contribution in [3.63, 3.8) is 0 Å². The minimum absolute atomic E-state index is 0.00785. The lowest BCUT2D eigenvalue weighted by molar-refractivity contribution is -0.164. The van der Waals surface area contributed by atoms with Crippen LogP contribution in [0.25, 0.3) is 0 Å². The average Bonchev–Trinajstić information content (AvgIpc) is 3.53. The van der Waals surface area contributed by atoms with Crippen LogP contribution in [0.1, 0.15) is 31.5 Å². The van der Waals surface area contributed by atoms with Crippen LogP contribution in [0.2, 0.25) is 0 Å². The number of β-lactam (4-membered cyclic amide) rings is 1. The molecule has 3 aliphatic rings. The molecule has 4 rings (SSSR count). The molecule has 1 aromatic heterocycles. The zero-order valence-corrected chi connectivity index (χ0v) is 23.3. The number of nitrogens with zero attached hydrogens (tertiary/aromatic N) is 4. The topological polar surface area (TPSA) is 134 Å². The Morgan fingerprint density at radius 3 is 2.62 bits per heavy atom. The van der Waals surface area contributed by atoms with Gasteiger partial charge in [-0.1, -0.05) is 32.2 Å². The molecule has 11 nitrogen and oxygen atoms in total. The van der Waals surface area contributed by atoms with E-state index in [1.54, 1.807) is 29.7 Å². The van der Waals surface area contributed by atoms with E-state index in [4.69, 9.17) is 9.47 Å². The molecule has 2 amide bonds. The van der Waals surface area contributed by atoms with Gasteiger partial charge in [0.05, 0.1) is 36.6 Å². The van der Waals surface area contributed by atoms with Crippen LogP contribution in [0.15, 0.2) is 42.1 Å². The van der Waals surface area contributed by atoms with Crippen LogP contribution < -0.4 is 0 Å². The molecular formula is C27H36N4O7S. The first-order chi connectivity index (χ1) is 18.6.